The summed E-state index contributed by atoms with van der Waals surface area (Å²) in [6.45, 7) is 4.02. The van der Waals surface area contributed by atoms with Crippen LogP contribution in [0.3, 0.4) is 0 Å². The molecule has 0 saturated heterocycles. The largest absolute Gasteiger partial charge is 0.487 e. The van der Waals surface area contributed by atoms with Crippen LogP contribution in [0, 0.1) is 11.8 Å². The second-order valence-corrected chi connectivity index (χ2v) is 12.4. The summed E-state index contributed by atoms with van der Waals surface area (Å²) >= 11 is 0. The summed E-state index contributed by atoms with van der Waals surface area (Å²) < 4.78 is 35.2. The van der Waals surface area contributed by atoms with E-state index in [2.05, 4.69) is 6.08 Å². The van der Waals surface area contributed by atoms with Gasteiger partial charge in [0.1, 0.15) is 16.7 Å². The van der Waals surface area contributed by atoms with Gasteiger partial charge in [0.2, 0.25) is 15.9 Å². The third kappa shape index (κ3) is 5.59. The van der Waals surface area contributed by atoms with Crippen LogP contribution in [0.4, 0.5) is 0 Å². The van der Waals surface area contributed by atoms with Gasteiger partial charge in [0, 0.05) is 31.5 Å². The number of benzene rings is 1. The molecule has 1 saturated carbocycles. The number of amides is 1. The van der Waals surface area contributed by atoms with E-state index in [0.717, 1.165) is 50.5 Å². The van der Waals surface area contributed by atoms with Crippen LogP contribution >= 0.6 is 0 Å². The molecule has 1 aromatic carbocycles. The van der Waals surface area contributed by atoms with Crippen molar-refractivity contribution in [3.63, 3.8) is 0 Å². The van der Waals surface area contributed by atoms with Crippen LogP contribution < -0.4 is 4.74 Å². The van der Waals surface area contributed by atoms with Gasteiger partial charge in [0.05, 0.1) is 13.2 Å². The fourth-order valence-electron chi connectivity index (χ4n) is 5.60. The monoisotopic (exact) mass is 504 g/mol. The van der Waals surface area contributed by atoms with Crippen LogP contribution in [-0.2, 0) is 14.8 Å². The molecule has 194 valence electrons. The minimum absolute atomic E-state index is 0.0668. The van der Waals surface area contributed by atoms with E-state index in [1.807, 2.05) is 26.1 Å². The van der Waals surface area contributed by atoms with Gasteiger partial charge in [-0.1, -0.05) is 38.3 Å². The third-order valence-corrected chi connectivity index (χ3v) is 9.88. The van der Waals surface area contributed by atoms with Crippen molar-refractivity contribution in [3.8, 4) is 5.75 Å². The molecule has 35 heavy (non-hydrogen) atoms. The molecule has 8 heteroatoms. The van der Waals surface area contributed by atoms with Gasteiger partial charge >= 0.3 is 0 Å². The predicted octanol–water partition coefficient (Wildman–Crippen LogP) is 4.06. The van der Waals surface area contributed by atoms with Crippen molar-refractivity contribution in [1.29, 1.82) is 0 Å². The zero-order chi connectivity index (χ0) is 25.2. The second kappa shape index (κ2) is 11.0. The Balaban J connectivity index is 1.67. The molecule has 1 fully saturated rings. The minimum Gasteiger partial charge on any atom is -0.487 e. The highest BCUT2D eigenvalue weighted by Crippen LogP contribution is 2.37. The molecule has 1 heterocycles. The molecule has 0 radical (unpaired) electrons. The summed E-state index contributed by atoms with van der Waals surface area (Å²) in [4.78, 5) is 15.0. The number of carbonyl (C=O) groups is 1. The van der Waals surface area contributed by atoms with Crippen molar-refractivity contribution in [3.05, 3.63) is 29.8 Å². The molecule has 1 aromatic rings. The van der Waals surface area contributed by atoms with Crippen molar-refractivity contribution < 1.29 is 23.1 Å². The Morgan fingerprint density at radius 3 is 2.63 bits per heavy atom. The average Bonchev–Trinajstić information content (AvgIpc) is 3.40. The molecule has 3 aliphatic rings. The number of nitrogens with zero attached hydrogens (tertiary/aromatic N) is 2. The van der Waals surface area contributed by atoms with Gasteiger partial charge in [0.15, 0.2) is 0 Å². The van der Waals surface area contributed by atoms with Crippen LogP contribution in [0.1, 0.15) is 70.8 Å². The number of fused-ring (bicyclic) bond motifs is 1. The molecule has 4 rings (SSSR count). The SMILES string of the molecule is C[C@H]1CN([C@@H](C)CO)S(=O)(=O)c2ccc(C3=CCCC3)cc2O[C@H]1CN(C)C(=O)C1CCCCC1. The van der Waals surface area contributed by atoms with Gasteiger partial charge in [-0.3, -0.25) is 4.79 Å². The van der Waals surface area contributed by atoms with E-state index in [9.17, 15) is 18.3 Å². The van der Waals surface area contributed by atoms with Crippen LogP contribution in [0.25, 0.3) is 5.57 Å². The molecule has 0 aromatic heterocycles. The summed E-state index contributed by atoms with van der Waals surface area (Å²) in [7, 11) is -2.03. The lowest BCUT2D eigenvalue weighted by Gasteiger charge is -2.38. The number of aliphatic hydroxyl groups excluding tert-OH is 1. The standard InChI is InChI=1S/C27H40N2O5S/c1-19-16-29(20(2)18-30)35(32,33)26-14-13-23(21-9-7-8-10-21)15-24(26)34-25(19)17-28(3)27(31)22-11-5-4-6-12-22/h9,13-15,19-20,22,25,30H,4-8,10-12,16-18H2,1-3H3/t19-,20-,25-/m0/s1. The zero-order valence-electron chi connectivity index (χ0n) is 21.3. The molecular formula is C27H40N2O5S. The molecule has 1 N–H and O–H groups in total. The van der Waals surface area contributed by atoms with Gasteiger partial charge in [-0.05, 0) is 62.3 Å². The molecule has 7 nitrogen and oxygen atoms in total. The van der Waals surface area contributed by atoms with Crippen molar-refractivity contribution in [1.82, 2.24) is 9.21 Å². The van der Waals surface area contributed by atoms with E-state index in [4.69, 9.17) is 4.74 Å². The molecule has 3 atom stereocenters. The molecule has 1 amide bonds. The van der Waals surface area contributed by atoms with Crippen molar-refractivity contribution >= 4 is 21.5 Å². The van der Waals surface area contributed by atoms with Gasteiger partial charge < -0.3 is 14.7 Å². The van der Waals surface area contributed by atoms with E-state index in [-0.39, 0.29) is 41.9 Å². The van der Waals surface area contributed by atoms with Crippen molar-refractivity contribution in [2.45, 2.75) is 82.3 Å². The highest BCUT2D eigenvalue weighted by Gasteiger charge is 2.39. The number of allylic oxidation sites excluding steroid dienone is 2. The van der Waals surface area contributed by atoms with E-state index in [1.54, 1.807) is 17.9 Å². The normalized spacial score (nSPS) is 26.1. The van der Waals surface area contributed by atoms with E-state index < -0.39 is 16.1 Å². The summed E-state index contributed by atoms with van der Waals surface area (Å²) in [5, 5.41) is 9.83. The first kappa shape index (κ1) is 26.2. The number of carbonyl (C=O) groups excluding carboxylic acids is 1. The van der Waals surface area contributed by atoms with Gasteiger partial charge in [-0.2, -0.15) is 4.31 Å². The highest BCUT2D eigenvalue weighted by atomic mass is 32.2. The maximum atomic E-state index is 13.7. The summed E-state index contributed by atoms with van der Waals surface area (Å²) in [6.07, 6.45) is 10.2. The maximum absolute atomic E-state index is 13.7. The van der Waals surface area contributed by atoms with Gasteiger partial charge in [-0.25, -0.2) is 8.42 Å². The van der Waals surface area contributed by atoms with E-state index in [1.165, 1.54) is 16.3 Å². The average molecular weight is 505 g/mol. The van der Waals surface area contributed by atoms with Crippen molar-refractivity contribution in [2.75, 3.05) is 26.7 Å². The first-order chi connectivity index (χ1) is 16.7. The molecule has 0 spiro atoms. The second-order valence-electron chi connectivity index (χ2n) is 10.6. The van der Waals surface area contributed by atoms with Gasteiger partial charge in [-0.15, -0.1) is 0 Å². The Bertz CT molecular complexity index is 1050. The quantitative estimate of drug-likeness (QED) is 0.631. The molecule has 0 bridgehead atoms. The fourth-order valence-corrected chi connectivity index (χ4v) is 7.42. The molecule has 1 aliphatic heterocycles. The molecular weight excluding hydrogens is 464 g/mol. The first-order valence-electron chi connectivity index (χ1n) is 13.1. The van der Waals surface area contributed by atoms with E-state index in [0.29, 0.717) is 12.3 Å². The maximum Gasteiger partial charge on any atom is 0.247 e. The topological polar surface area (TPSA) is 87.2 Å². The predicted molar refractivity (Wildman–Crippen MR) is 137 cm³/mol. The van der Waals surface area contributed by atoms with Crippen LogP contribution in [0.2, 0.25) is 0 Å². The summed E-state index contributed by atoms with van der Waals surface area (Å²) in [5.41, 5.74) is 2.20. The van der Waals surface area contributed by atoms with Gasteiger partial charge in [0.25, 0.3) is 0 Å². The lowest BCUT2D eigenvalue weighted by Crippen LogP contribution is -2.50. The Kier molecular flexibility index (Phi) is 8.23. The summed E-state index contributed by atoms with van der Waals surface area (Å²) in [5.74, 6) is 0.376. The lowest BCUT2D eigenvalue weighted by atomic mass is 9.88. The lowest BCUT2D eigenvalue weighted by molar-refractivity contribution is -0.136. The Labute approximate surface area is 210 Å². The number of likely N-dealkylation sites (N-methyl/N-ethyl adjacent to an activating group) is 1. The molecule has 0 unspecified atom stereocenters. The highest BCUT2D eigenvalue weighted by molar-refractivity contribution is 7.89. The third-order valence-electron chi connectivity index (χ3n) is 7.86. The number of hydrogen-bond acceptors (Lipinski definition) is 5. The Morgan fingerprint density at radius 2 is 1.97 bits per heavy atom. The number of aliphatic hydroxyl groups is 1. The minimum atomic E-state index is -3.86. The van der Waals surface area contributed by atoms with Crippen LogP contribution in [0.15, 0.2) is 29.2 Å². The van der Waals surface area contributed by atoms with Crippen LogP contribution in [-0.4, -0.2) is 67.5 Å². The first-order valence-corrected chi connectivity index (χ1v) is 14.5. The van der Waals surface area contributed by atoms with Crippen molar-refractivity contribution in [2.24, 2.45) is 11.8 Å². The Hall–Kier alpha value is -1.90. The number of hydrogen-bond donors (Lipinski definition) is 1. The zero-order valence-corrected chi connectivity index (χ0v) is 22.1. The smallest absolute Gasteiger partial charge is 0.247 e. The van der Waals surface area contributed by atoms with E-state index >= 15 is 0 Å². The Morgan fingerprint density at radius 1 is 1.23 bits per heavy atom. The number of sulfonamides is 1. The molecule has 2 aliphatic carbocycles. The fraction of sp³-hybridized carbons (Fsp3) is 0.667. The summed E-state index contributed by atoms with van der Waals surface area (Å²) in [6, 6.07) is 4.78. The number of rotatable bonds is 6. The van der Waals surface area contributed by atoms with Crippen LogP contribution in [0.5, 0.6) is 5.75 Å². The number of ether oxygens (including phenoxy) is 1.